The smallest absolute Gasteiger partial charge is 0.126 e. The van der Waals surface area contributed by atoms with Crippen molar-refractivity contribution in [3.8, 4) is 11.5 Å². The van der Waals surface area contributed by atoms with Crippen molar-refractivity contribution < 1.29 is 13.9 Å². The van der Waals surface area contributed by atoms with Gasteiger partial charge in [-0.05, 0) is 37.9 Å². The van der Waals surface area contributed by atoms with Gasteiger partial charge in [-0.25, -0.2) is 4.39 Å². The van der Waals surface area contributed by atoms with Gasteiger partial charge in [-0.1, -0.05) is 6.92 Å². The molecule has 1 aromatic rings. The zero-order valence-electron chi connectivity index (χ0n) is 11.5. The number of hydrogen-bond acceptors (Lipinski definition) is 3. The van der Waals surface area contributed by atoms with E-state index >= 15 is 0 Å². The molecular weight excluding hydrogens is 233 g/mol. The minimum atomic E-state index is -1.09. The van der Waals surface area contributed by atoms with Crippen molar-refractivity contribution in [1.82, 2.24) is 0 Å². The summed E-state index contributed by atoms with van der Waals surface area (Å²) in [6.07, 6.45) is -0.239. The molecule has 4 heteroatoms. The normalized spacial score (nSPS) is 14.1. The molecule has 2 N–H and O–H groups in total. The van der Waals surface area contributed by atoms with E-state index in [1.807, 2.05) is 6.07 Å². The van der Waals surface area contributed by atoms with Crippen molar-refractivity contribution in [2.75, 3.05) is 20.8 Å². The number of nitrogens with two attached hydrogens (primary N) is 1. The summed E-state index contributed by atoms with van der Waals surface area (Å²) in [5.41, 5.74) is 7.09. The maximum absolute atomic E-state index is 13.5. The molecule has 0 heterocycles. The first kappa shape index (κ1) is 14.8. The molecule has 2 unspecified atom stereocenters. The minimum absolute atomic E-state index is 0.253. The molecule has 0 aliphatic carbocycles. The number of methoxy groups -OCH3 is 2. The van der Waals surface area contributed by atoms with Crippen LogP contribution >= 0.6 is 0 Å². The topological polar surface area (TPSA) is 44.5 Å². The van der Waals surface area contributed by atoms with Gasteiger partial charge in [-0.2, -0.15) is 0 Å². The maximum Gasteiger partial charge on any atom is 0.126 e. The summed E-state index contributed by atoms with van der Waals surface area (Å²) in [7, 11) is 3.14. The predicted octanol–water partition coefficient (Wildman–Crippen LogP) is 3.19. The van der Waals surface area contributed by atoms with Crippen LogP contribution in [0.25, 0.3) is 0 Å². The summed E-state index contributed by atoms with van der Waals surface area (Å²) in [5, 5.41) is 0. The number of rotatable bonds is 6. The lowest BCUT2D eigenvalue weighted by atomic mass is 9.94. The minimum Gasteiger partial charge on any atom is -0.496 e. The molecule has 0 aliphatic rings. The van der Waals surface area contributed by atoms with Crippen LogP contribution in [0.15, 0.2) is 12.1 Å². The van der Waals surface area contributed by atoms with E-state index in [9.17, 15) is 4.39 Å². The molecule has 1 aromatic carbocycles. The van der Waals surface area contributed by atoms with Crippen LogP contribution < -0.4 is 15.2 Å². The zero-order valence-corrected chi connectivity index (χ0v) is 11.5. The molecule has 0 saturated heterocycles. The van der Waals surface area contributed by atoms with E-state index in [2.05, 4.69) is 6.92 Å². The van der Waals surface area contributed by atoms with Gasteiger partial charge in [0.2, 0.25) is 0 Å². The molecule has 0 bridgehead atoms. The highest BCUT2D eigenvalue weighted by atomic mass is 19.1. The number of ether oxygens (including phenoxy) is 2. The zero-order chi connectivity index (χ0) is 13.7. The summed E-state index contributed by atoms with van der Waals surface area (Å²) in [6, 6.07) is 3.57. The Balaban J connectivity index is 3.25. The van der Waals surface area contributed by atoms with Crippen molar-refractivity contribution in [2.24, 2.45) is 5.73 Å². The molecule has 0 fully saturated rings. The molecule has 0 aliphatic heterocycles. The lowest BCUT2D eigenvalue weighted by Crippen LogP contribution is -2.07. The standard InChI is InChI=1S/C14H22FNO2/c1-9(5-6-16)11-7-14(18-4)12(10(2)15)8-13(11)17-3/h7-10H,5-6,16H2,1-4H3. The number of alkyl halides is 1. The molecular formula is C14H22FNO2. The molecule has 2 atom stereocenters. The second-order valence-corrected chi connectivity index (χ2v) is 4.43. The summed E-state index contributed by atoms with van der Waals surface area (Å²) in [5.74, 6) is 1.50. The highest BCUT2D eigenvalue weighted by molar-refractivity contribution is 5.48. The third-order valence-corrected chi connectivity index (χ3v) is 3.14. The quantitative estimate of drug-likeness (QED) is 0.849. The van der Waals surface area contributed by atoms with E-state index in [0.29, 0.717) is 23.6 Å². The average Bonchev–Trinajstić information content (AvgIpc) is 2.37. The van der Waals surface area contributed by atoms with Crippen molar-refractivity contribution in [3.63, 3.8) is 0 Å². The lowest BCUT2D eigenvalue weighted by Gasteiger charge is -2.19. The van der Waals surface area contributed by atoms with Crippen LogP contribution in [-0.2, 0) is 0 Å². The fourth-order valence-electron chi connectivity index (χ4n) is 2.05. The Morgan fingerprint density at radius 3 is 2.06 bits per heavy atom. The van der Waals surface area contributed by atoms with Crippen LogP contribution in [0, 0.1) is 0 Å². The van der Waals surface area contributed by atoms with Crippen molar-refractivity contribution in [1.29, 1.82) is 0 Å². The van der Waals surface area contributed by atoms with Gasteiger partial charge in [0.25, 0.3) is 0 Å². The first-order chi connectivity index (χ1) is 8.54. The fourth-order valence-corrected chi connectivity index (χ4v) is 2.05. The van der Waals surface area contributed by atoms with Crippen LogP contribution in [0.5, 0.6) is 11.5 Å². The molecule has 1 rings (SSSR count). The molecule has 0 aromatic heterocycles. The Morgan fingerprint density at radius 2 is 1.61 bits per heavy atom. The monoisotopic (exact) mass is 255 g/mol. The van der Waals surface area contributed by atoms with Gasteiger partial charge in [0.15, 0.2) is 0 Å². The van der Waals surface area contributed by atoms with E-state index < -0.39 is 6.17 Å². The first-order valence-electron chi connectivity index (χ1n) is 6.15. The third-order valence-electron chi connectivity index (χ3n) is 3.14. The van der Waals surface area contributed by atoms with E-state index in [0.717, 1.165) is 12.0 Å². The number of halogens is 1. The van der Waals surface area contributed by atoms with Crippen LogP contribution in [0.1, 0.15) is 43.5 Å². The molecule has 0 radical (unpaired) electrons. The van der Waals surface area contributed by atoms with Gasteiger partial charge in [0, 0.05) is 11.1 Å². The molecule has 3 nitrogen and oxygen atoms in total. The van der Waals surface area contributed by atoms with E-state index in [-0.39, 0.29) is 5.92 Å². The van der Waals surface area contributed by atoms with Crippen molar-refractivity contribution in [3.05, 3.63) is 23.3 Å². The molecule has 0 saturated carbocycles. The first-order valence-corrected chi connectivity index (χ1v) is 6.15. The Morgan fingerprint density at radius 1 is 1.11 bits per heavy atom. The highest BCUT2D eigenvalue weighted by Gasteiger charge is 2.18. The van der Waals surface area contributed by atoms with Crippen LogP contribution in [0.4, 0.5) is 4.39 Å². The van der Waals surface area contributed by atoms with Gasteiger partial charge in [0.05, 0.1) is 14.2 Å². The maximum atomic E-state index is 13.5. The molecule has 0 amide bonds. The van der Waals surface area contributed by atoms with Gasteiger partial charge in [-0.15, -0.1) is 0 Å². The van der Waals surface area contributed by atoms with E-state index in [1.165, 1.54) is 6.92 Å². The average molecular weight is 255 g/mol. The predicted molar refractivity (Wildman–Crippen MR) is 71.2 cm³/mol. The van der Waals surface area contributed by atoms with Gasteiger partial charge in [-0.3, -0.25) is 0 Å². The lowest BCUT2D eigenvalue weighted by molar-refractivity contribution is 0.341. The molecule has 102 valence electrons. The number of hydrogen-bond donors (Lipinski definition) is 1. The second kappa shape index (κ2) is 6.59. The van der Waals surface area contributed by atoms with Gasteiger partial charge in [0.1, 0.15) is 17.7 Å². The van der Waals surface area contributed by atoms with Crippen molar-refractivity contribution >= 4 is 0 Å². The summed E-state index contributed by atoms with van der Waals surface area (Å²) < 4.78 is 24.1. The van der Waals surface area contributed by atoms with Crippen LogP contribution in [0.2, 0.25) is 0 Å². The van der Waals surface area contributed by atoms with E-state index in [1.54, 1.807) is 20.3 Å². The van der Waals surface area contributed by atoms with Crippen molar-refractivity contribution in [2.45, 2.75) is 32.4 Å². The Hall–Kier alpha value is -1.29. The Labute approximate surface area is 108 Å². The second-order valence-electron chi connectivity index (χ2n) is 4.43. The van der Waals surface area contributed by atoms with Crippen LogP contribution in [0.3, 0.4) is 0 Å². The highest BCUT2D eigenvalue weighted by Crippen LogP contribution is 2.38. The third kappa shape index (κ3) is 3.13. The molecule has 0 spiro atoms. The van der Waals surface area contributed by atoms with E-state index in [4.69, 9.17) is 15.2 Å². The summed E-state index contributed by atoms with van der Waals surface area (Å²) in [4.78, 5) is 0. The SMILES string of the molecule is COc1cc(C(C)CCN)c(OC)cc1C(C)F. The largest absolute Gasteiger partial charge is 0.496 e. The summed E-state index contributed by atoms with van der Waals surface area (Å²) in [6.45, 7) is 4.16. The fraction of sp³-hybridized carbons (Fsp3) is 0.571. The van der Waals surface area contributed by atoms with Gasteiger partial charge >= 0.3 is 0 Å². The molecule has 18 heavy (non-hydrogen) atoms. The number of benzene rings is 1. The summed E-state index contributed by atoms with van der Waals surface area (Å²) >= 11 is 0. The van der Waals surface area contributed by atoms with Crippen LogP contribution in [-0.4, -0.2) is 20.8 Å². The Bertz CT molecular complexity index is 394. The Kier molecular flexibility index (Phi) is 5.41. The van der Waals surface area contributed by atoms with Gasteiger partial charge < -0.3 is 15.2 Å².